The maximum absolute atomic E-state index is 15.1. The lowest BCUT2D eigenvalue weighted by molar-refractivity contribution is 0.0438. The van der Waals surface area contributed by atoms with Gasteiger partial charge in [-0.15, -0.1) is 0 Å². The van der Waals surface area contributed by atoms with E-state index in [2.05, 4.69) is 11.8 Å². The lowest BCUT2D eigenvalue weighted by Crippen LogP contribution is -2.25. The van der Waals surface area contributed by atoms with Gasteiger partial charge in [0.05, 0.1) is 26.9 Å². The molecule has 0 radical (unpaired) electrons. The number of pyridine rings is 1. The molecule has 1 unspecified atom stereocenters. The van der Waals surface area contributed by atoms with Gasteiger partial charge in [-0.25, -0.2) is 14.0 Å². The maximum atomic E-state index is 15.1. The lowest BCUT2D eigenvalue weighted by Gasteiger charge is -2.21. The number of carboxylic acid groups (broad SMARTS) is 1. The van der Waals surface area contributed by atoms with Crippen LogP contribution in [0, 0.1) is 24.6 Å². The molecule has 2 aromatic carbocycles. The molecule has 6 nitrogen and oxygen atoms in total. The fourth-order valence-electron chi connectivity index (χ4n) is 4.04. The minimum absolute atomic E-state index is 0.00571. The third-order valence-electron chi connectivity index (χ3n) is 5.69. The molecule has 1 atom stereocenters. The summed E-state index contributed by atoms with van der Waals surface area (Å²) in [6.07, 6.45) is -0.0977. The summed E-state index contributed by atoms with van der Waals surface area (Å²) in [7, 11) is 0. The molecule has 0 aliphatic carbocycles. The number of rotatable bonds is 6. The first-order valence-corrected chi connectivity index (χ1v) is 12.2. The summed E-state index contributed by atoms with van der Waals surface area (Å²) in [5, 5.41) is 10.5. The normalized spacial score (nSPS) is 11.4. The second kappa shape index (κ2) is 11.6. The van der Waals surface area contributed by atoms with Crippen LogP contribution in [0.1, 0.15) is 53.6 Å². The van der Waals surface area contributed by atoms with Crippen LogP contribution >= 0.6 is 23.2 Å². The maximum Gasteiger partial charge on any atom is 0.341 e. The molecule has 1 N–H and O–H groups in total. The highest BCUT2D eigenvalue weighted by atomic mass is 35.5. The summed E-state index contributed by atoms with van der Waals surface area (Å²) in [6, 6.07) is 7.98. The van der Waals surface area contributed by atoms with E-state index in [4.69, 9.17) is 27.9 Å². The fourth-order valence-corrected chi connectivity index (χ4v) is 4.33. The smallest absolute Gasteiger partial charge is 0.341 e. The van der Waals surface area contributed by atoms with Gasteiger partial charge >= 0.3 is 11.9 Å². The topological polar surface area (TPSA) is 85.6 Å². The number of benzene rings is 2. The summed E-state index contributed by atoms with van der Waals surface area (Å²) < 4.78 is 22.0. The molecule has 1 aromatic heterocycles. The number of esters is 1. The summed E-state index contributed by atoms with van der Waals surface area (Å²) in [5.41, 5.74) is -1.07. The van der Waals surface area contributed by atoms with Crippen molar-refractivity contribution in [3.8, 4) is 34.2 Å². The molecule has 1 heterocycles. The van der Waals surface area contributed by atoms with E-state index < -0.39 is 34.9 Å². The zero-order valence-electron chi connectivity index (χ0n) is 20.6. The standard InChI is InChI=1S/C28H24Cl2FNO5/c1-5-7-8-15(3)37-28(36)18-10-12-22(31)19(13-18)23-16(4)32(6-2)25(24(26(23)33)27(34)35)17-9-11-20(29)21(30)14-17/h9-15H,5-6H2,1-4H3,(H,34,35). The highest BCUT2D eigenvalue weighted by Gasteiger charge is 2.27. The van der Waals surface area contributed by atoms with Gasteiger partial charge in [-0.1, -0.05) is 48.0 Å². The number of hydrogen-bond acceptors (Lipinski definition) is 4. The monoisotopic (exact) mass is 543 g/mol. The van der Waals surface area contributed by atoms with Gasteiger partial charge in [-0.2, -0.15) is 0 Å². The second-order valence-electron chi connectivity index (χ2n) is 8.11. The lowest BCUT2D eigenvalue weighted by atomic mass is 9.95. The Hall–Kier alpha value is -3.60. The third-order valence-corrected chi connectivity index (χ3v) is 6.43. The number of nitrogens with zero attached hydrogens (tertiary/aromatic N) is 1. The molecular formula is C28H24Cl2FNO5. The van der Waals surface area contributed by atoms with Gasteiger partial charge < -0.3 is 14.4 Å². The first-order valence-electron chi connectivity index (χ1n) is 11.5. The van der Waals surface area contributed by atoms with Crippen LogP contribution in [0.4, 0.5) is 4.39 Å². The van der Waals surface area contributed by atoms with Crippen molar-refractivity contribution in [2.45, 2.75) is 46.8 Å². The molecule has 0 bridgehead atoms. The molecule has 0 aliphatic rings. The van der Waals surface area contributed by atoms with Crippen LogP contribution < -0.4 is 5.43 Å². The molecule has 0 spiro atoms. The van der Waals surface area contributed by atoms with Gasteiger partial charge in [0.15, 0.2) is 6.10 Å². The molecular weight excluding hydrogens is 520 g/mol. The highest BCUT2D eigenvalue weighted by molar-refractivity contribution is 6.42. The highest BCUT2D eigenvalue weighted by Crippen LogP contribution is 2.34. The number of halogens is 3. The van der Waals surface area contributed by atoms with Crippen molar-refractivity contribution in [3.05, 3.63) is 79.3 Å². The molecule has 3 aromatic rings. The van der Waals surface area contributed by atoms with E-state index in [1.807, 2.05) is 6.92 Å². The van der Waals surface area contributed by atoms with Crippen LogP contribution in [0.3, 0.4) is 0 Å². The van der Waals surface area contributed by atoms with Crippen molar-refractivity contribution in [3.63, 3.8) is 0 Å². The molecule has 0 fully saturated rings. The Morgan fingerprint density at radius 1 is 1.14 bits per heavy atom. The molecule has 0 saturated heterocycles. The molecule has 37 heavy (non-hydrogen) atoms. The van der Waals surface area contributed by atoms with E-state index in [0.29, 0.717) is 17.7 Å². The van der Waals surface area contributed by atoms with Crippen LogP contribution in [-0.4, -0.2) is 27.7 Å². The Labute approximate surface area is 223 Å². The average Bonchev–Trinajstić information content (AvgIpc) is 2.84. The second-order valence-corrected chi connectivity index (χ2v) is 8.92. The number of ether oxygens (including phenoxy) is 1. The minimum atomic E-state index is -1.49. The van der Waals surface area contributed by atoms with Crippen LogP contribution in [0.2, 0.25) is 10.0 Å². The Balaban J connectivity index is 2.28. The van der Waals surface area contributed by atoms with E-state index in [9.17, 15) is 19.5 Å². The van der Waals surface area contributed by atoms with Crippen molar-refractivity contribution in [2.24, 2.45) is 0 Å². The van der Waals surface area contributed by atoms with Crippen molar-refractivity contribution >= 4 is 35.1 Å². The molecule has 3 rings (SSSR count). The van der Waals surface area contributed by atoms with E-state index >= 15 is 4.39 Å². The van der Waals surface area contributed by atoms with E-state index in [-0.39, 0.29) is 39.0 Å². The van der Waals surface area contributed by atoms with Gasteiger partial charge in [0.2, 0.25) is 5.43 Å². The number of carboxylic acids is 1. The average molecular weight is 544 g/mol. The van der Waals surface area contributed by atoms with Crippen molar-refractivity contribution in [1.82, 2.24) is 4.57 Å². The van der Waals surface area contributed by atoms with E-state index in [1.165, 1.54) is 24.3 Å². The number of carbonyl (C=O) groups is 2. The largest absolute Gasteiger partial charge is 0.477 e. The van der Waals surface area contributed by atoms with Crippen molar-refractivity contribution in [2.75, 3.05) is 0 Å². The van der Waals surface area contributed by atoms with Gasteiger partial charge in [0, 0.05) is 29.8 Å². The third kappa shape index (κ3) is 5.71. The van der Waals surface area contributed by atoms with Gasteiger partial charge in [-0.05, 0) is 51.1 Å². The van der Waals surface area contributed by atoms with Crippen LogP contribution in [0.25, 0.3) is 22.4 Å². The first-order chi connectivity index (χ1) is 17.5. The number of hydrogen-bond donors (Lipinski definition) is 1. The van der Waals surface area contributed by atoms with Gasteiger partial charge in [0.25, 0.3) is 0 Å². The zero-order chi connectivity index (χ0) is 27.4. The molecule has 192 valence electrons. The first kappa shape index (κ1) is 28.0. The fraction of sp³-hybridized carbons (Fsp3) is 0.250. The predicted octanol–water partition coefficient (Wildman–Crippen LogP) is 6.61. The Morgan fingerprint density at radius 2 is 1.84 bits per heavy atom. The summed E-state index contributed by atoms with van der Waals surface area (Å²) in [6.45, 7) is 7.07. The Morgan fingerprint density at radius 3 is 2.43 bits per heavy atom. The number of carbonyl (C=O) groups excluding carboxylic acids is 1. The SMILES string of the molecule is CCC#CC(C)OC(=O)c1ccc(F)c(-c2c(C)n(CC)c(-c3ccc(Cl)c(Cl)c3)c(C(=O)O)c2=O)c1. The minimum Gasteiger partial charge on any atom is -0.477 e. The Kier molecular flexibility index (Phi) is 8.80. The summed E-state index contributed by atoms with van der Waals surface area (Å²) in [4.78, 5) is 38.6. The van der Waals surface area contributed by atoms with Crippen molar-refractivity contribution in [1.29, 1.82) is 0 Å². The molecule has 9 heteroatoms. The van der Waals surface area contributed by atoms with Crippen LogP contribution in [0.5, 0.6) is 0 Å². The zero-order valence-corrected chi connectivity index (χ0v) is 22.1. The van der Waals surface area contributed by atoms with E-state index in [0.717, 1.165) is 6.07 Å². The molecule has 0 aliphatic heterocycles. The molecule has 0 saturated carbocycles. The summed E-state index contributed by atoms with van der Waals surface area (Å²) >= 11 is 12.2. The quantitative estimate of drug-likeness (QED) is 0.279. The van der Waals surface area contributed by atoms with Gasteiger partial charge in [0.1, 0.15) is 11.4 Å². The Bertz CT molecular complexity index is 1520. The summed E-state index contributed by atoms with van der Waals surface area (Å²) in [5.74, 6) is 2.55. The van der Waals surface area contributed by atoms with E-state index in [1.54, 1.807) is 31.4 Å². The molecule has 0 amide bonds. The van der Waals surface area contributed by atoms with Crippen LogP contribution in [0.15, 0.2) is 41.2 Å². The van der Waals surface area contributed by atoms with Crippen LogP contribution in [-0.2, 0) is 11.3 Å². The predicted molar refractivity (Wildman–Crippen MR) is 142 cm³/mol. The van der Waals surface area contributed by atoms with Crippen molar-refractivity contribution < 1.29 is 23.8 Å². The number of aromatic carboxylic acids is 1. The van der Waals surface area contributed by atoms with Gasteiger partial charge in [-0.3, -0.25) is 4.79 Å². The number of aromatic nitrogens is 1.